The number of amides is 1. The molecule has 4 nitrogen and oxygen atoms in total. The highest BCUT2D eigenvalue weighted by Crippen LogP contribution is 2.26. The molecule has 0 unspecified atom stereocenters. The number of nitrogens with one attached hydrogen (secondary N) is 1. The van der Waals surface area contributed by atoms with Crippen LogP contribution < -0.4 is 5.32 Å². The van der Waals surface area contributed by atoms with Gasteiger partial charge >= 0.3 is 0 Å². The fourth-order valence-electron chi connectivity index (χ4n) is 1.05. The Morgan fingerprint density at radius 3 is 3.20 bits per heavy atom. The lowest BCUT2D eigenvalue weighted by molar-refractivity contribution is -0.113. The third kappa shape index (κ3) is 2.57. The Bertz CT molecular complexity index is 452. The zero-order chi connectivity index (χ0) is 10.7. The summed E-state index contributed by atoms with van der Waals surface area (Å²) in [7, 11) is 0. The molecule has 2 aromatic rings. The van der Waals surface area contributed by atoms with E-state index in [1.807, 2.05) is 40.1 Å². The van der Waals surface area contributed by atoms with Crippen molar-refractivity contribution >= 4 is 45.7 Å². The van der Waals surface area contributed by atoms with Gasteiger partial charge in [0.2, 0.25) is 5.91 Å². The second kappa shape index (κ2) is 4.75. The quantitative estimate of drug-likeness (QED) is 0.694. The highest BCUT2D eigenvalue weighted by atomic mass is 127. The van der Waals surface area contributed by atoms with Crippen LogP contribution in [-0.4, -0.2) is 15.5 Å². The van der Waals surface area contributed by atoms with Crippen molar-refractivity contribution in [2.45, 2.75) is 0 Å². The Morgan fingerprint density at radius 1 is 1.67 bits per heavy atom. The van der Waals surface area contributed by atoms with Crippen LogP contribution in [-0.2, 0) is 4.79 Å². The van der Waals surface area contributed by atoms with Gasteiger partial charge in [0, 0.05) is 6.07 Å². The second-order valence-corrected chi connectivity index (χ2v) is 4.45. The molecule has 0 fully saturated rings. The molecule has 78 valence electrons. The van der Waals surface area contributed by atoms with E-state index in [1.54, 1.807) is 17.4 Å². The number of nitrogens with zero attached hydrogens (tertiary/aromatic N) is 1. The maximum absolute atomic E-state index is 11.1. The van der Waals surface area contributed by atoms with E-state index in [0.29, 0.717) is 16.0 Å². The molecular weight excluding hydrogens is 327 g/mol. The van der Waals surface area contributed by atoms with E-state index >= 15 is 0 Å². The molecule has 2 rings (SSSR count). The molecule has 15 heavy (non-hydrogen) atoms. The van der Waals surface area contributed by atoms with Gasteiger partial charge in [-0.3, -0.25) is 4.79 Å². The smallest absolute Gasteiger partial charge is 0.235 e. The van der Waals surface area contributed by atoms with Crippen LogP contribution in [0.4, 0.5) is 5.82 Å². The Labute approximate surface area is 104 Å². The molecule has 0 radical (unpaired) electrons. The number of carbonyl (C=O) groups excluding carboxylic acids is 1. The van der Waals surface area contributed by atoms with E-state index in [9.17, 15) is 4.79 Å². The SMILES string of the molecule is O=C(CI)Nc1cc(-c2cccs2)on1. The molecular formula is C9H7IN2O2S. The molecule has 6 heteroatoms. The number of aromatic nitrogens is 1. The van der Waals surface area contributed by atoms with Crippen molar-refractivity contribution in [3.63, 3.8) is 0 Å². The first-order valence-corrected chi connectivity index (χ1v) is 6.56. The van der Waals surface area contributed by atoms with Crippen LogP contribution in [0, 0.1) is 0 Å². The summed E-state index contributed by atoms with van der Waals surface area (Å²) >= 11 is 3.56. The molecule has 0 aliphatic heterocycles. The molecule has 0 aliphatic carbocycles. The maximum atomic E-state index is 11.1. The molecule has 0 aromatic carbocycles. The van der Waals surface area contributed by atoms with Gasteiger partial charge in [-0.25, -0.2) is 0 Å². The summed E-state index contributed by atoms with van der Waals surface area (Å²) in [5.74, 6) is 1.05. The molecule has 0 spiro atoms. The first-order valence-electron chi connectivity index (χ1n) is 4.16. The van der Waals surface area contributed by atoms with E-state index in [0.717, 1.165) is 4.88 Å². The molecule has 1 amide bonds. The topological polar surface area (TPSA) is 55.1 Å². The predicted molar refractivity (Wildman–Crippen MR) is 67.3 cm³/mol. The molecule has 0 atom stereocenters. The highest BCUT2D eigenvalue weighted by Gasteiger charge is 2.08. The van der Waals surface area contributed by atoms with Crippen LogP contribution in [0.5, 0.6) is 0 Å². The Morgan fingerprint density at radius 2 is 2.53 bits per heavy atom. The monoisotopic (exact) mass is 334 g/mol. The van der Waals surface area contributed by atoms with Gasteiger partial charge in [-0.1, -0.05) is 33.8 Å². The van der Waals surface area contributed by atoms with E-state index in [2.05, 4.69) is 10.5 Å². The van der Waals surface area contributed by atoms with Crippen molar-refractivity contribution in [2.75, 3.05) is 9.74 Å². The van der Waals surface area contributed by atoms with Crippen molar-refractivity contribution in [2.24, 2.45) is 0 Å². The molecule has 2 heterocycles. The lowest BCUT2D eigenvalue weighted by atomic mass is 10.3. The van der Waals surface area contributed by atoms with Crippen molar-refractivity contribution < 1.29 is 9.32 Å². The van der Waals surface area contributed by atoms with E-state index in [4.69, 9.17) is 4.52 Å². The normalized spacial score (nSPS) is 10.2. The average molecular weight is 334 g/mol. The van der Waals surface area contributed by atoms with E-state index in [-0.39, 0.29) is 5.91 Å². The summed E-state index contributed by atoms with van der Waals surface area (Å²) in [6.07, 6.45) is 0. The average Bonchev–Trinajstić information content (AvgIpc) is 2.85. The van der Waals surface area contributed by atoms with E-state index < -0.39 is 0 Å². The number of alkyl halides is 1. The summed E-state index contributed by atoms with van der Waals surface area (Å²) in [5.41, 5.74) is 0. The zero-order valence-electron chi connectivity index (χ0n) is 7.57. The number of halogens is 1. The molecule has 0 bridgehead atoms. The maximum Gasteiger partial charge on any atom is 0.235 e. The van der Waals surface area contributed by atoms with E-state index in [1.165, 1.54) is 0 Å². The van der Waals surface area contributed by atoms with Gasteiger partial charge in [0.25, 0.3) is 0 Å². The highest BCUT2D eigenvalue weighted by molar-refractivity contribution is 14.1. The number of hydrogen-bond donors (Lipinski definition) is 1. The number of thiophene rings is 1. The second-order valence-electron chi connectivity index (χ2n) is 2.74. The lowest BCUT2D eigenvalue weighted by Crippen LogP contribution is -2.12. The fraction of sp³-hybridized carbons (Fsp3) is 0.111. The van der Waals surface area contributed by atoms with Crippen molar-refractivity contribution in [1.29, 1.82) is 0 Å². The number of hydrogen-bond acceptors (Lipinski definition) is 4. The number of anilines is 1. The molecule has 2 aromatic heterocycles. The van der Waals surface area contributed by atoms with Gasteiger partial charge in [0.05, 0.1) is 9.30 Å². The lowest BCUT2D eigenvalue weighted by Gasteiger charge is -1.93. The van der Waals surface area contributed by atoms with Crippen molar-refractivity contribution in [1.82, 2.24) is 5.16 Å². The minimum absolute atomic E-state index is 0.0818. The Kier molecular flexibility index (Phi) is 3.37. The summed E-state index contributed by atoms with van der Waals surface area (Å²) in [6.45, 7) is 0. The van der Waals surface area contributed by atoms with Gasteiger partial charge in [0.1, 0.15) is 0 Å². The van der Waals surface area contributed by atoms with Crippen LogP contribution in [0.1, 0.15) is 0 Å². The van der Waals surface area contributed by atoms with Crippen LogP contribution >= 0.6 is 33.9 Å². The summed E-state index contributed by atoms with van der Waals surface area (Å²) < 4.78 is 5.50. The first-order chi connectivity index (χ1) is 7.29. The summed E-state index contributed by atoms with van der Waals surface area (Å²) in [6, 6.07) is 5.59. The van der Waals surface area contributed by atoms with Crippen molar-refractivity contribution in [3.05, 3.63) is 23.6 Å². The van der Waals surface area contributed by atoms with Gasteiger partial charge in [0.15, 0.2) is 11.6 Å². The third-order valence-corrected chi connectivity index (χ3v) is 3.24. The predicted octanol–water partition coefficient (Wildman–Crippen LogP) is 2.78. The van der Waals surface area contributed by atoms with Crippen molar-refractivity contribution in [3.8, 4) is 10.6 Å². The molecule has 0 aliphatic rings. The minimum atomic E-state index is -0.0818. The molecule has 0 saturated carbocycles. The van der Waals surface area contributed by atoms with Crippen LogP contribution in [0.15, 0.2) is 28.1 Å². The standard InChI is InChI=1S/C9H7IN2O2S/c10-5-9(13)11-8-4-6(14-12-8)7-2-1-3-15-7/h1-4H,5H2,(H,11,12,13). The van der Waals surface area contributed by atoms with Crippen LogP contribution in [0.25, 0.3) is 10.6 Å². The van der Waals surface area contributed by atoms with Crippen LogP contribution in [0.3, 0.4) is 0 Å². The number of carbonyl (C=O) groups is 1. The minimum Gasteiger partial charge on any atom is -0.353 e. The molecule has 0 saturated heterocycles. The van der Waals surface area contributed by atoms with Crippen LogP contribution in [0.2, 0.25) is 0 Å². The summed E-state index contributed by atoms with van der Waals surface area (Å²) in [5, 5.41) is 8.34. The van der Waals surface area contributed by atoms with Gasteiger partial charge < -0.3 is 9.84 Å². The van der Waals surface area contributed by atoms with Gasteiger partial charge in [-0.15, -0.1) is 11.3 Å². The zero-order valence-corrected chi connectivity index (χ0v) is 10.5. The third-order valence-electron chi connectivity index (χ3n) is 1.66. The summed E-state index contributed by atoms with van der Waals surface area (Å²) in [4.78, 5) is 12.1. The van der Waals surface area contributed by atoms with Gasteiger partial charge in [-0.2, -0.15) is 0 Å². The van der Waals surface area contributed by atoms with Gasteiger partial charge in [-0.05, 0) is 11.4 Å². The largest absolute Gasteiger partial charge is 0.353 e. The Hall–Kier alpha value is -0.890. The Balaban J connectivity index is 2.14. The first kappa shape index (κ1) is 10.6. The fourth-order valence-corrected chi connectivity index (χ4v) is 1.91. The molecule has 1 N–H and O–H groups in total. The number of rotatable bonds is 3.